The zero-order valence-corrected chi connectivity index (χ0v) is 17.4. The number of aliphatic hydroxyl groups is 1. The van der Waals surface area contributed by atoms with Crippen LogP contribution in [0.25, 0.3) is 0 Å². The lowest BCUT2D eigenvalue weighted by atomic mass is 9.94. The molecule has 164 valence electrons. The maximum Gasteiger partial charge on any atom is 0.329 e. The fourth-order valence-corrected chi connectivity index (χ4v) is 3.75. The summed E-state index contributed by atoms with van der Waals surface area (Å²) in [6, 6.07) is 14.9. The van der Waals surface area contributed by atoms with Crippen LogP contribution in [0.4, 0.5) is 25.0 Å². The fourth-order valence-electron chi connectivity index (χ4n) is 3.62. The van der Waals surface area contributed by atoms with E-state index in [1.54, 1.807) is 30.3 Å². The highest BCUT2D eigenvalue weighted by Gasteiger charge is 2.53. The van der Waals surface area contributed by atoms with E-state index in [4.69, 9.17) is 11.6 Å². The second-order valence-electron chi connectivity index (χ2n) is 7.19. The lowest BCUT2D eigenvalue weighted by molar-refractivity contribution is -0.140. The van der Waals surface area contributed by atoms with Crippen LogP contribution in [0.5, 0.6) is 0 Å². The maximum atomic E-state index is 14.6. The first-order chi connectivity index (χ1) is 15.3. The van der Waals surface area contributed by atoms with Crippen LogP contribution >= 0.6 is 11.6 Å². The first kappa shape index (κ1) is 21.7. The molecular formula is C23H18ClF2N3O3. The van der Waals surface area contributed by atoms with Crippen LogP contribution in [0.3, 0.4) is 0 Å². The average Bonchev–Trinajstić information content (AvgIpc) is 2.77. The number of hydrogen-bond donors (Lipinski definition) is 3. The van der Waals surface area contributed by atoms with Crippen LogP contribution in [0, 0.1) is 11.6 Å². The van der Waals surface area contributed by atoms with Crippen molar-refractivity contribution in [3.63, 3.8) is 0 Å². The van der Waals surface area contributed by atoms with E-state index < -0.39 is 35.0 Å². The van der Waals surface area contributed by atoms with Gasteiger partial charge in [-0.1, -0.05) is 48.0 Å². The Labute approximate surface area is 187 Å². The maximum absolute atomic E-state index is 14.6. The van der Waals surface area contributed by atoms with Crippen molar-refractivity contribution in [2.75, 3.05) is 16.8 Å². The number of para-hydroxylation sites is 2. The first-order valence-corrected chi connectivity index (χ1v) is 10.1. The van der Waals surface area contributed by atoms with E-state index >= 15 is 0 Å². The number of hydrogen-bond acceptors (Lipinski definition) is 3. The minimum absolute atomic E-state index is 0.0220. The Morgan fingerprint density at radius 1 is 1.03 bits per heavy atom. The molecule has 0 saturated heterocycles. The predicted molar refractivity (Wildman–Crippen MR) is 116 cm³/mol. The Bertz CT molecular complexity index is 1170. The molecule has 1 atom stereocenters. The number of carbonyl (C=O) groups is 2. The molecule has 3 aromatic rings. The van der Waals surface area contributed by atoms with Crippen LogP contribution in [-0.4, -0.2) is 23.6 Å². The summed E-state index contributed by atoms with van der Waals surface area (Å²) in [7, 11) is 0. The Balaban J connectivity index is 1.71. The normalized spacial score (nSPS) is 17.5. The van der Waals surface area contributed by atoms with Gasteiger partial charge in [-0.25, -0.2) is 18.5 Å². The van der Waals surface area contributed by atoms with E-state index in [9.17, 15) is 23.5 Å². The van der Waals surface area contributed by atoms with Crippen molar-refractivity contribution in [3.05, 3.63) is 94.5 Å². The standard InChI is InChI=1S/C23H18ClF2N3O3/c24-15-10-8-14(9-11-15)12-13-27-21(30)23(32)16-4-1-2-7-19(16)28-22(31)29(23)20-17(25)5-3-6-18(20)26/h1-11,32H,12-13H2,(H,27,30)(H,28,31)/t23-/m0/s1. The van der Waals surface area contributed by atoms with Gasteiger partial charge in [0.15, 0.2) is 0 Å². The minimum Gasteiger partial charge on any atom is -0.359 e. The van der Waals surface area contributed by atoms with Gasteiger partial charge in [-0.05, 0) is 42.3 Å². The van der Waals surface area contributed by atoms with Gasteiger partial charge in [0, 0.05) is 17.1 Å². The van der Waals surface area contributed by atoms with Gasteiger partial charge in [-0.15, -0.1) is 0 Å². The summed E-state index contributed by atoms with van der Waals surface area (Å²) >= 11 is 5.87. The molecule has 32 heavy (non-hydrogen) atoms. The summed E-state index contributed by atoms with van der Waals surface area (Å²) in [5, 5.41) is 17.2. The number of rotatable bonds is 5. The number of amides is 3. The van der Waals surface area contributed by atoms with E-state index in [0.29, 0.717) is 16.3 Å². The zero-order valence-electron chi connectivity index (χ0n) is 16.6. The van der Waals surface area contributed by atoms with E-state index in [1.807, 2.05) is 0 Å². The quantitative estimate of drug-likeness (QED) is 0.537. The van der Waals surface area contributed by atoms with E-state index in [0.717, 1.165) is 23.8 Å². The number of nitrogens with zero attached hydrogens (tertiary/aromatic N) is 1. The first-order valence-electron chi connectivity index (χ1n) is 9.72. The molecule has 4 rings (SSSR count). The third kappa shape index (κ3) is 3.79. The Kier molecular flexibility index (Phi) is 5.82. The molecule has 6 nitrogen and oxygen atoms in total. The van der Waals surface area contributed by atoms with Gasteiger partial charge >= 0.3 is 6.03 Å². The van der Waals surface area contributed by atoms with Crippen LogP contribution in [0.2, 0.25) is 5.02 Å². The number of halogens is 3. The molecule has 0 aromatic heterocycles. The van der Waals surface area contributed by atoms with E-state index in [-0.39, 0.29) is 17.8 Å². The molecular weight excluding hydrogens is 440 g/mol. The summed E-state index contributed by atoms with van der Waals surface area (Å²) in [5.41, 5.74) is -2.52. The highest BCUT2D eigenvalue weighted by Crippen LogP contribution is 2.41. The molecule has 3 amide bonds. The van der Waals surface area contributed by atoms with Gasteiger partial charge in [0.05, 0.1) is 5.69 Å². The largest absolute Gasteiger partial charge is 0.359 e. The van der Waals surface area contributed by atoms with Crippen LogP contribution in [-0.2, 0) is 16.9 Å². The lowest BCUT2D eigenvalue weighted by Crippen LogP contribution is -2.63. The number of fused-ring (bicyclic) bond motifs is 1. The highest BCUT2D eigenvalue weighted by atomic mass is 35.5. The van der Waals surface area contributed by atoms with Crippen LogP contribution in [0.15, 0.2) is 66.7 Å². The number of anilines is 2. The smallest absolute Gasteiger partial charge is 0.329 e. The SMILES string of the molecule is O=C1Nc2ccccc2[C@](O)(C(=O)NCCc2ccc(Cl)cc2)N1c1c(F)cccc1F. The molecule has 3 N–H and O–H groups in total. The highest BCUT2D eigenvalue weighted by molar-refractivity contribution is 6.30. The van der Waals surface area contributed by atoms with Gasteiger partial charge in [-0.2, -0.15) is 0 Å². The number of benzene rings is 3. The Morgan fingerprint density at radius 3 is 2.38 bits per heavy atom. The van der Waals surface area contributed by atoms with Crippen molar-refractivity contribution in [1.29, 1.82) is 0 Å². The van der Waals surface area contributed by atoms with Gasteiger partial charge in [0.25, 0.3) is 11.6 Å². The number of carbonyl (C=O) groups excluding carboxylic acids is 2. The Hall–Kier alpha value is -3.49. The number of nitrogens with one attached hydrogen (secondary N) is 2. The van der Waals surface area contributed by atoms with Crippen molar-refractivity contribution in [3.8, 4) is 0 Å². The third-order valence-electron chi connectivity index (χ3n) is 5.16. The summed E-state index contributed by atoms with van der Waals surface area (Å²) in [6.07, 6.45) is 0.404. The van der Waals surface area contributed by atoms with E-state index in [2.05, 4.69) is 10.6 Å². The minimum atomic E-state index is -2.69. The molecule has 0 fully saturated rings. The summed E-state index contributed by atoms with van der Waals surface area (Å²) in [4.78, 5) is 26.5. The molecule has 0 unspecified atom stereocenters. The van der Waals surface area contributed by atoms with Crippen molar-refractivity contribution in [2.45, 2.75) is 12.1 Å². The number of urea groups is 1. The monoisotopic (exact) mass is 457 g/mol. The predicted octanol–water partition coefficient (Wildman–Crippen LogP) is 4.17. The molecule has 9 heteroatoms. The van der Waals surface area contributed by atoms with Crippen molar-refractivity contribution in [1.82, 2.24) is 5.32 Å². The van der Waals surface area contributed by atoms with Gasteiger partial charge in [-0.3, -0.25) is 4.79 Å². The van der Waals surface area contributed by atoms with Crippen molar-refractivity contribution < 1.29 is 23.5 Å². The molecule has 3 aromatic carbocycles. The van der Waals surface area contributed by atoms with Crippen LogP contribution < -0.4 is 15.5 Å². The molecule has 0 radical (unpaired) electrons. The Morgan fingerprint density at radius 2 is 1.69 bits per heavy atom. The molecule has 0 spiro atoms. The third-order valence-corrected chi connectivity index (χ3v) is 5.41. The van der Waals surface area contributed by atoms with E-state index in [1.165, 1.54) is 18.2 Å². The van der Waals surface area contributed by atoms with Gasteiger partial charge in [0.2, 0.25) is 0 Å². The zero-order chi connectivity index (χ0) is 22.9. The van der Waals surface area contributed by atoms with Crippen molar-refractivity contribution >= 4 is 34.9 Å². The molecule has 1 heterocycles. The molecule has 0 aliphatic carbocycles. The van der Waals surface area contributed by atoms with Gasteiger partial charge < -0.3 is 15.7 Å². The van der Waals surface area contributed by atoms with Crippen molar-refractivity contribution in [2.24, 2.45) is 0 Å². The second-order valence-corrected chi connectivity index (χ2v) is 7.62. The van der Waals surface area contributed by atoms with Gasteiger partial charge in [0.1, 0.15) is 17.3 Å². The second kappa shape index (κ2) is 8.57. The molecule has 1 aliphatic rings. The molecule has 0 bridgehead atoms. The summed E-state index contributed by atoms with van der Waals surface area (Å²) < 4.78 is 29.2. The average molecular weight is 458 g/mol. The molecule has 0 saturated carbocycles. The molecule has 1 aliphatic heterocycles. The summed E-state index contributed by atoms with van der Waals surface area (Å²) in [6.45, 7) is 0.0974. The fraction of sp³-hybridized carbons (Fsp3) is 0.130. The lowest BCUT2D eigenvalue weighted by Gasteiger charge is -2.42. The topological polar surface area (TPSA) is 81.7 Å². The summed E-state index contributed by atoms with van der Waals surface area (Å²) in [5.74, 6) is -3.21. The van der Waals surface area contributed by atoms with Crippen LogP contribution in [0.1, 0.15) is 11.1 Å².